The van der Waals surface area contributed by atoms with Gasteiger partial charge >= 0.3 is 0 Å². The Balaban J connectivity index is 1.91. The summed E-state index contributed by atoms with van der Waals surface area (Å²) in [6.45, 7) is 1.95. The summed E-state index contributed by atoms with van der Waals surface area (Å²) in [6, 6.07) is 13.2. The molecule has 0 radical (unpaired) electrons. The summed E-state index contributed by atoms with van der Waals surface area (Å²) in [6.07, 6.45) is 1.73. The minimum atomic E-state index is -0.120. The van der Waals surface area contributed by atoms with Crippen LogP contribution in [0.3, 0.4) is 0 Å². The van der Waals surface area contributed by atoms with Crippen LogP contribution < -0.4 is 0 Å². The van der Waals surface area contributed by atoms with Gasteiger partial charge in [0.25, 0.3) is 5.91 Å². The number of rotatable bonds is 3. The standard InChI is InChI=1S/C16H16N4O/c1-11(13-8-5-6-10-17-13)20(2)16(21)15-12-7-3-4-9-14(12)18-19-15/h3-11H,1-2H3,(H,18,19). The molecule has 0 saturated carbocycles. The first-order valence-electron chi connectivity index (χ1n) is 6.79. The van der Waals surface area contributed by atoms with Crippen LogP contribution >= 0.6 is 0 Å². The second-order valence-corrected chi connectivity index (χ2v) is 4.96. The minimum absolute atomic E-state index is 0.117. The fourth-order valence-corrected chi connectivity index (χ4v) is 2.29. The number of benzene rings is 1. The van der Waals surface area contributed by atoms with Gasteiger partial charge in [0.1, 0.15) is 0 Å². The van der Waals surface area contributed by atoms with Gasteiger partial charge in [0.2, 0.25) is 0 Å². The average Bonchev–Trinajstić information content (AvgIpc) is 2.97. The van der Waals surface area contributed by atoms with Crippen molar-refractivity contribution < 1.29 is 4.79 Å². The summed E-state index contributed by atoms with van der Waals surface area (Å²) in [5, 5.41) is 7.88. The molecule has 5 nitrogen and oxygen atoms in total. The summed E-state index contributed by atoms with van der Waals surface area (Å²) < 4.78 is 0. The molecule has 0 aliphatic rings. The maximum absolute atomic E-state index is 12.7. The van der Waals surface area contributed by atoms with Crippen molar-refractivity contribution >= 4 is 16.8 Å². The smallest absolute Gasteiger partial charge is 0.275 e. The maximum Gasteiger partial charge on any atom is 0.275 e. The molecule has 0 spiro atoms. The van der Waals surface area contributed by atoms with Gasteiger partial charge in [-0.2, -0.15) is 5.10 Å². The van der Waals surface area contributed by atoms with Gasteiger partial charge in [-0.1, -0.05) is 24.3 Å². The first-order chi connectivity index (χ1) is 10.2. The van der Waals surface area contributed by atoms with E-state index in [0.29, 0.717) is 5.69 Å². The summed E-state index contributed by atoms with van der Waals surface area (Å²) in [5.74, 6) is -0.120. The molecule has 106 valence electrons. The quantitative estimate of drug-likeness (QED) is 0.802. The Bertz CT molecular complexity index is 766. The number of hydrogen-bond donors (Lipinski definition) is 1. The van der Waals surface area contributed by atoms with Crippen LogP contribution in [0.2, 0.25) is 0 Å². The van der Waals surface area contributed by atoms with Gasteiger partial charge in [0, 0.05) is 18.6 Å². The van der Waals surface area contributed by atoms with Crippen molar-refractivity contribution in [1.82, 2.24) is 20.1 Å². The monoisotopic (exact) mass is 280 g/mol. The SMILES string of the molecule is CC(c1ccccn1)N(C)C(=O)c1n[nH]c2ccccc12. The van der Waals surface area contributed by atoms with Crippen molar-refractivity contribution in [2.24, 2.45) is 0 Å². The number of nitrogens with one attached hydrogen (secondary N) is 1. The highest BCUT2D eigenvalue weighted by molar-refractivity contribution is 6.04. The lowest BCUT2D eigenvalue weighted by atomic mass is 10.1. The summed E-state index contributed by atoms with van der Waals surface area (Å²) in [5.41, 5.74) is 2.16. The molecular weight excluding hydrogens is 264 g/mol. The van der Waals surface area contributed by atoms with Crippen LogP contribution in [-0.2, 0) is 0 Å². The van der Waals surface area contributed by atoms with E-state index in [4.69, 9.17) is 0 Å². The number of hydrogen-bond acceptors (Lipinski definition) is 3. The van der Waals surface area contributed by atoms with E-state index < -0.39 is 0 Å². The lowest BCUT2D eigenvalue weighted by Gasteiger charge is -2.23. The molecule has 0 bridgehead atoms. The van der Waals surface area contributed by atoms with E-state index in [1.165, 1.54) is 0 Å². The number of nitrogens with zero attached hydrogens (tertiary/aromatic N) is 3. The molecule has 2 heterocycles. The molecule has 1 N–H and O–H groups in total. The molecule has 3 aromatic rings. The largest absolute Gasteiger partial charge is 0.332 e. The molecule has 2 aromatic heterocycles. The van der Waals surface area contributed by atoms with Gasteiger partial charge in [0.15, 0.2) is 5.69 Å². The number of aromatic nitrogens is 3. The van der Waals surface area contributed by atoms with Crippen LogP contribution in [-0.4, -0.2) is 33.0 Å². The molecule has 1 unspecified atom stereocenters. The summed E-state index contributed by atoms with van der Waals surface area (Å²) >= 11 is 0. The van der Waals surface area contributed by atoms with Crippen LogP contribution in [0, 0.1) is 0 Å². The average molecular weight is 280 g/mol. The lowest BCUT2D eigenvalue weighted by Crippen LogP contribution is -2.30. The fourth-order valence-electron chi connectivity index (χ4n) is 2.29. The zero-order chi connectivity index (χ0) is 14.8. The Hall–Kier alpha value is -2.69. The topological polar surface area (TPSA) is 61.9 Å². The number of H-pyrrole nitrogens is 1. The van der Waals surface area contributed by atoms with E-state index in [0.717, 1.165) is 16.6 Å². The van der Waals surface area contributed by atoms with Crippen molar-refractivity contribution in [2.75, 3.05) is 7.05 Å². The normalized spacial score (nSPS) is 12.3. The summed E-state index contributed by atoms with van der Waals surface area (Å²) in [7, 11) is 1.77. The molecule has 1 aromatic carbocycles. The fraction of sp³-hybridized carbons (Fsp3) is 0.188. The van der Waals surface area contributed by atoms with E-state index >= 15 is 0 Å². The Morgan fingerprint density at radius 2 is 1.95 bits per heavy atom. The van der Waals surface area contributed by atoms with Crippen LogP contribution in [0.4, 0.5) is 0 Å². The molecule has 0 saturated heterocycles. The third kappa shape index (κ3) is 2.38. The van der Waals surface area contributed by atoms with Crippen molar-refractivity contribution in [3.8, 4) is 0 Å². The van der Waals surface area contributed by atoms with Crippen molar-refractivity contribution in [3.05, 3.63) is 60.0 Å². The predicted octanol–water partition coefficient (Wildman–Crippen LogP) is 2.79. The zero-order valence-electron chi connectivity index (χ0n) is 11.9. The van der Waals surface area contributed by atoms with E-state index in [9.17, 15) is 4.79 Å². The molecule has 21 heavy (non-hydrogen) atoms. The molecular formula is C16H16N4O. The zero-order valence-corrected chi connectivity index (χ0v) is 11.9. The van der Waals surface area contributed by atoms with Gasteiger partial charge < -0.3 is 4.90 Å². The van der Waals surface area contributed by atoms with Crippen molar-refractivity contribution in [3.63, 3.8) is 0 Å². The lowest BCUT2D eigenvalue weighted by molar-refractivity contribution is 0.0735. The number of carbonyl (C=O) groups is 1. The number of pyridine rings is 1. The van der Waals surface area contributed by atoms with E-state index in [1.807, 2.05) is 49.4 Å². The van der Waals surface area contributed by atoms with Gasteiger partial charge in [-0.15, -0.1) is 0 Å². The highest BCUT2D eigenvalue weighted by Gasteiger charge is 2.23. The van der Waals surface area contributed by atoms with Crippen LogP contribution in [0.1, 0.15) is 29.1 Å². The predicted molar refractivity (Wildman–Crippen MR) is 80.8 cm³/mol. The Morgan fingerprint density at radius 3 is 2.71 bits per heavy atom. The Morgan fingerprint density at radius 1 is 1.19 bits per heavy atom. The van der Waals surface area contributed by atoms with Crippen LogP contribution in [0.25, 0.3) is 10.9 Å². The van der Waals surface area contributed by atoms with Gasteiger partial charge in [-0.05, 0) is 25.1 Å². The third-order valence-electron chi connectivity index (χ3n) is 3.69. The van der Waals surface area contributed by atoms with E-state index in [1.54, 1.807) is 18.1 Å². The highest BCUT2D eigenvalue weighted by atomic mass is 16.2. The van der Waals surface area contributed by atoms with Gasteiger partial charge in [-0.25, -0.2) is 0 Å². The number of amides is 1. The number of carbonyl (C=O) groups excluding carboxylic acids is 1. The molecule has 1 atom stereocenters. The summed E-state index contributed by atoms with van der Waals surface area (Å²) in [4.78, 5) is 18.6. The second kappa shape index (κ2) is 5.36. The molecule has 0 fully saturated rings. The number of para-hydroxylation sites is 1. The molecule has 3 rings (SSSR count). The van der Waals surface area contributed by atoms with Crippen LogP contribution in [0.5, 0.6) is 0 Å². The van der Waals surface area contributed by atoms with Gasteiger partial charge in [0.05, 0.1) is 17.3 Å². The number of aromatic amines is 1. The maximum atomic E-state index is 12.7. The first-order valence-corrected chi connectivity index (χ1v) is 6.79. The second-order valence-electron chi connectivity index (χ2n) is 4.96. The molecule has 5 heteroatoms. The first kappa shape index (κ1) is 13.3. The molecule has 1 amide bonds. The Kier molecular flexibility index (Phi) is 3.39. The van der Waals surface area contributed by atoms with E-state index in [-0.39, 0.29) is 11.9 Å². The molecule has 0 aliphatic heterocycles. The van der Waals surface area contributed by atoms with Crippen molar-refractivity contribution in [2.45, 2.75) is 13.0 Å². The third-order valence-corrected chi connectivity index (χ3v) is 3.69. The Labute approximate surface area is 122 Å². The molecule has 0 aliphatic carbocycles. The minimum Gasteiger partial charge on any atom is -0.332 e. The van der Waals surface area contributed by atoms with Gasteiger partial charge in [-0.3, -0.25) is 14.9 Å². The van der Waals surface area contributed by atoms with Crippen molar-refractivity contribution in [1.29, 1.82) is 0 Å². The van der Waals surface area contributed by atoms with Crippen LogP contribution in [0.15, 0.2) is 48.7 Å². The highest BCUT2D eigenvalue weighted by Crippen LogP contribution is 2.21. The number of fused-ring (bicyclic) bond motifs is 1. The van der Waals surface area contributed by atoms with E-state index in [2.05, 4.69) is 15.2 Å².